The second kappa shape index (κ2) is 11.0. The zero-order chi connectivity index (χ0) is 32.3. The Morgan fingerprint density at radius 2 is 0.755 bits per heavy atom. The van der Waals surface area contributed by atoms with E-state index in [-0.39, 0.29) is 0 Å². The molecule has 10 rings (SSSR count). The minimum absolute atomic E-state index is 0.644. The summed E-state index contributed by atoms with van der Waals surface area (Å²) in [5.74, 6) is 1.95. The molecule has 2 heterocycles. The Labute approximate surface area is 282 Å². The Hall–Kier alpha value is -6.65. The minimum atomic E-state index is 0.644. The number of rotatable bonds is 4. The van der Waals surface area contributed by atoms with Crippen LogP contribution in [0.2, 0.25) is 0 Å². The van der Waals surface area contributed by atoms with E-state index in [0.717, 1.165) is 55.1 Å². The Morgan fingerprint density at radius 1 is 0.306 bits per heavy atom. The van der Waals surface area contributed by atoms with Crippen LogP contribution in [0.1, 0.15) is 0 Å². The van der Waals surface area contributed by atoms with Gasteiger partial charge >= 0.3 is 0 Å². The van der Waals surface area contributed by atoms with Gasteiger partial charge in [0.1, 0.15) is 11.2 Å². The van der Waals surface area contributed by atoms with Crippen LogP contribution < -0.4 is 0 Å². The van der Waals surface area contributed by atoms with E-state index in [0.29, 0.717) is 17.5 Å². The number of hydrogen-bond acceptors (Lipinski definition) is 4. The van der Waals surface area contributed by atoms with E-state index < -0.39 is 0 Å². The van der Waals surface area contributed by atoms with Crippen LogP contribution in [0.15, 0.2) is 168 Å². The fourth-order valence-electron chi connectivity index (χ4n) is 7.15. The topological polar surface area (TPSA) is 51.8 Å². The smallest absolute Gasteiger partial charge is 0.164 e. The lowest BCUT2D eigenvalue weighted by atomic mass is 9.91. The van der Waals surface area contributed by atoms with Crippen molar-refractivity contribution in [3.05, 3.63) is 164 Å². The van der Waals surface area contributed by atoms with E-state index in [2.05, 4.69) is 91.0 Å². The molecule has 0 aliphatic carbocycles. The lowest BCUT2D eigenvalue weighted by Gasteiger charge is -2.13. The van der Waals surface area contributed by atoms with E-state index >= 15 is 0 Å². The van der Waals surface area contributed by atoms with Gasteiger partial charge in [0.25, 0.3) is 0 Å². The fraction of sp³-hybridized carbons (Fsp3) is 0. The predicted molar refractivity (Wildman–Crippen MR) is 201 cm³/mol. The lowest BCUT2D eigenvalue weighted by molar-refractivity contribution is 0.673. The van der Waals surface area contributed by atoms with E-state index in [1.54, 1.807) is 0 Å². The number of aromatic nitrogens is 3. The van der Waals surface area contributed by atoms with Crippen molar-refractivity contribution in [3.8, 4) is 45.3 Å². The molecule has 0 radical (unpaired) electrons. The fourth-order valence-corrected chi connectivity index (χ4v) is 7.15. The number of nitrogens with zero attached hydrogens (tertiary/aromatic N) is 3. The van der Waals surface area contributed by atoms with Gasteiger partial charge in [-0.1, -0.05) is 146 Å². The first-order valence-corrected chi connectivity index (χ1v) is 16.4. The number of fused-ring (bicyclic) bond motifs is 10. The molecule has 228 valence electrons. The summed E-state index contributed by atoms with van der Waals surface area (Å²) >= 11 is 0. The summed E-state index contributed by atoms with van der Waals surface area (Å²) in [5, 5.41) is 9.48. The molecule has 0 atom stereocenters. The summed E-state index contributed by atoms with van der Waals surface area (Å²) in [6.45, 7) is 0. The van der Waals surface area contributed by atoms with Crippen LogP contribution in [-0.2, 0) is 0 Å². The largest absolute Gasteiger partial charge is 0.455 e. The Kier molecular flexibility index (Phi) is 6.15. The third-order valence-electron chi connectivity index (χ3n) is 9.52. The zero-order valence-electron chi connectivity index (χ0n) is 26.3. The van der Waals surface area contributed by atoms with Crippen LogP contribution >= 0.6 is 0 Å². The second-order valence-corrected chi connectivity index (χ2v) is 12.4. The molecule has 4 heteroatoms. The van der Waals surface area contributed by atoms with Crippen LogP contribution in [0.3, 0.4) is 0 Å². The van der Waals surface area contributed by atoms with Gasteiger partial charge in [-0.2, -0.15) is 0 Å². The van der Waals surface area contributed by atoms with Crippen LogP contribution in [0.4, 0.5) is 0 Å². The van der Waals surface area contributed by atoms with E-state index in [1.807, 2.05) is 72.8 Å². The summed E-state index contributed by atoms with van der Waals surface area (Å²) in [7, 11) is 0. The second-order valence-electron chi connectivity index (χ2n) is 12.4. The maximum Gasteiger partial charge on any atom is 0.164 e. The normalized spacial score (nSPS) is 11.7. The summed E-state index contributed by atoms with van der Waals surface area (Å²) in [4.78, 5) is 14.7. The van der Waals surface area contributed by atoms with Gasteiger partial charge in [-0.15, -0.1) is 0 Å². The van der Waals surface area contributed by atoms with Crippen molar-refractivity contribution in [2.24, 2.45) is 0 Å². The molecule has 0 N–H and O–H groups in total. The summed E-state index contributed by atoms with van der Waals surface area (Å²) in [5.41, 5.74) is 6.96. The van der Waals surface area contributed by atoms with E-state index in [9.17, 15) is 0 Å². The highest BCUT2D eigenvalue weighted by Crippen LogP contribution is 2.43. The number of hydrogen-bond donors (Lipinski definition) is 0. The molecule has 0 spiro atoms. The number of furan rings is 1. The van der Waals surface area contributed by atoms with E-state index in [1.165, 1.54) is 26.9 Å². The van der Waals surface area contributed by atoms with Gasteiger partial charge in [0.2, 0.25) is 0 Å². The summed E-state index contributed by atoms with van der Waals surface area (Å²) in [6.07, 6.45) is 0. The molecule has 8 aromatic carbocycles. The molecule has 0 aliphatic heterocycles. The SMILES string of the molecule is c1ccc(-c2nc(-c3ccccc3)nc(-c3ccc(-c4ccc5c(c4)c4ccccc4c4ccc6c7ccccc7oc6c45)cc3)n2)cc1. The first kappa shape index (κ1) is 27.5. The van der Waals surface area contributed by atoms with Crippen molar-refractivity contribution >= 4 is 54.3 Å². The van der Waals surface area contributed by atoms with Crippen molar-refractivity contribution in [2.45, 2.75) is 0 Å². The Morgan fingerprint density at radius 3 is 1.41 bits per heavy atom. The van der Waals surface area contributed by atoms with Gasteiger partial charge in [-0.05, 0) is 56.3 Å². The predicted octanol–water partition coefficient (Wildman–Crippen LogP) is 11.9. The van der Waals surface area contributed by atoms with Gasteiger partial charge in [0.05, 0.1) is 0 Å². The highest BCUT2D eigenvalue weighted by molar-refractivity contribution is 6.32. The molecule has 4 nitrogen and oxygen atoms in total. The number of benzene rings is 8. The van der Waals surface area contributed by atoms with Gasteiger partial charge in [-0.25, -0.2) is 15.0 Å². The third-order valence-corrected chi connectivity index (χ3v) is 9.52. The molecule has 10 aromatic rings. The van der Waals surface area contributed by atoms with Crippen molar-refractivity contribution in [1.29, 1.82) is 0 Å². The molecule has 0 amide bonds. The lowest BCUT2D eigenvalue weighted by Crippen LogP contribution is -2.00. The summed E-state index contributed by atoms with van der Waals surface area (Å²) < 4.78 is 6.55. The van der Waals surface area contributed by atoms with Crippen molar-refractivity contribution in [1.82, 2.24) is 15.0 Å². The molecule has 0 unspecified atom stereocenters. The molecule has 0 fully saturated rings. The van der Waals surface area contributed by atoms with E-state index in [4.69, 9.17) is 19.4 Å². The minimum Gasteiger partial charge on any atom is -0.455 e. The monoisotopic (exact) mass is 625 g/mol. The van der Waals surface area contributed by atoms with Crippen LogP contribution in [-0.4, -0.2) is 15.0 Å². The molecular weight excluding hydrogens is 599 g/mol. The maximum atomic E-state index is 6.55. The molecule has 2 aromatic heterocycles. The van der Waals surface area contributed by atoms with Crippen LogP contribution in [0.25, 0.3) is 99.5 Å². The maximum absolute atomic E-state index is 6.55. The molecule has 0 aliphatic rings. The van der Waals surface area contributed by atoms with Crippen molar-refractivity contribution in [2.75, 3.05) is 0 Å². The molecule has 0 bridgehead atoms. The van der Waals surface area contributed by atoms with Gasteiger partial charge in [-0.3, -0.25) is 0 Å². The van der Waals surface area contributed by atoms with Gasteiger partial charge < -0.3 is 4.42 Å². The van der Waals surface area contributed by atoms with Crippen molar-refractivity contribution < 1.29 is 4.42 Å². The van der Waals surface area contributed by atoms with Crippen molar-refractivity contribution in [3.63, 3.8) is 0 Å². The molecule has 0 saturated carbocycles. The van der Waals surface area contributed by atoms with Gasteiger partial charge in [0, 0.05) is 32.8 Å². The Bertz CT molecular complexity index is 2800. The molecule has 0 saturated heterocycles. The average molecular weight is 626 g/mol. The molecule has 49 heavy (non-hydrogen) atoms. The Balaban J connectivity index is 1.12. The highest BCUT2D eigenvalue weighted by Gasteiger charge is 2.17. The summed E-state index contributed by atoms with van der Waals surface area (Å²) in [6, 6.07) is 56.9. The third kappa shape index (κ3) is 4.49. The van der Waals surface area contributed by atoms with Crippen LogP contribution in [0.5, 0.6) is 0 Å². The number of para-hydroxylation sites is 1. The quantitative estimate of drug-likeness (QED) is 0.183. The average Bonchev–Trinajstić information content (AvgIpc) is 3.57. The van der Waals surface area contributed by atoms with Crippen LogP contribution in [0, 0.1) is 0 Å². The molecular formula is C45H27N3O. The first-order chi connectivity index (χ1) is 24.3. The highest BCUT2D eigenvalue weighted by atomic mass is 16.3. The van der Waals surface area contributed by atoms with Gasteiger partial charge in [0.15, 0.2) is 17.5 Å². The first-order valence-electron chi connectivity index (χ1n) is 16.4. The zero-order valence-corrected chi connectivity index (χ0v) is 26.3. The standard InChI is InChI=1S/C45H27N3O/c1-3-11-29(12-4-1)43-46-44(30-13-5-2-6-14-30)48-45(47-43)31-21-19-28(20-22-31)32-23-24-37-39(27-32)34-16-8-7-15-33(34)36-25-26-38-35-17-9-10-18-40(35)49-42(38)41(36)37/h1-27H.